The van der Waals surface area contributed by atoms with Gasteiger partial charge in [0.15, 0.2) is 0 Å². The molecule has 4 N–H and O–H groups in total. The van der Waals surface area contributed by atoms with Crippen LogP contribution < -0.4 is 10.6 Å². The molecule has 1 aromatic carbocycles. The molecule has 1 amide bonds. The van der Waals surface area contributed by atoms with Crippen molar-refractivity contribution < 1.29 is 15.0 Å². The summed E-state index contributed by atoms with van der Waals surface area (Å²) >= 11 is 0. The zero-order valence-corrected chi connectivity index (χ0v) is 12.7. The first kappa shape index (κ1) is 16.9. The third-order valence-electron chi connectivity index (χ3n) is 3.46. The van der Waals surface area contributed by atoms with Crippen molar-refractivity contribution in [1.82, 2.24) is 15.6 Å². The fourth-order valence-electron chi connectivity index (χ4n) is 2.30. The molecule has 0 aliphatic carbocycles. The van der Waals surface area contributed by atoms with Crippen LogP contribution in [0.15, 0.2) is 54.7 Å². The number of nitrogens with zero attached hydrogens (tertiary/aromatic N) is 1. The monoisotopic (exact) mass is 315 g/mol. The first-order chi connectivity index (χ1) is 11.1. The number of pyridine rings is 1. The highest BCUT2D eigenvalue weighted by molar-refractivity contribution is 5.65. The highest BCUT2D eigenvalue weighted by atomic mass is 16.4. The standard InChI is InChI=1S/C17H21N3O3/c21-16(12-18-11-14-8-4-5-9-19-14)15(20-17(22)23)10-13-6-2-1-3-7-13/h1-9,15-16,18,20-21H,10-12H2,(H,22,23)/t15-,16-/m0/s1. The Labute approximate surface area is 135 Å². The molecule has 2 atom stereocenters. The van der Waals surface area contributed by atoms with Crippen LogP contribution in [0.4, 0.5) is 4.79 Å². The first-order valence-electron chi connectivity index (χ1n) is 7.47. The molecule has 122 valence electrons. The second-order valence-corrected chi connectivity index (χ2v) is 5.27. The van der Waals surface area contributed by atoms with Gasteiger partial charge in [-0.15, -0.1) is 0 Å². The quantitative estimate of drug-likeness (QED) is 0.591. The fraction of sp³-hybridized carbons (Fsp3) is 0.294. The molecule has 0 aliphatic heterocycles. The lowest BCUT2D eigenvalue weighted by molar-refractivity contribution is 0.117. The lowest BCUT2D eigenvalue weighted by Crippen LogP contribution is -2.48. The van der Waals surface area contributed by atoms with E-state index >= 15 is 0 Å². The molecule has 0 fully saturated rings. The van der Waals surface area contributed by atoms with E-state index < -0.39 is 18.2 Å². The Kier molecular flexibility index (Phi) is 6.53. The van der Waals surface area contributed by atoms with Gasteiger partial charge in [-0.3, -0.25) is 4.98 Å². The van der Waals surface area contributed by atoms with Gasteiger partial charge in [0.25, 0.3) is 0 Å². The number of hydrogen-bond donors (Lipinski definition) is 4. The van der Waals surface area contributed by atoms with Crippen molar-refractivity contribution in [3.8, 4) is 0 Å². The van der Waals surface area contributed by atoms with E-state index in [4.69, 9.17) is 5.11 Å². The number of carboxylic acid groups (broad SMARTS) is 1. The van der Waals surface area contributed by atoms with Crippen LogP contribution >= 0.6 is 0 Å². The van der Waals surface area contributed by atoms with Gasteiger partial charge in [-0.1, -0.05) is 36.4 Å². The van der Waals surface area contributed by atoms with Gasteiger partial charge in [0, 0.05) is 19.3 Å². The van der Waals surface area contributed by atoms with E-state index in [1.165, 1.54) is 0 Å². The maximum atomic E-state index is 10.9. The molecule has 0 saturated carbocycles. The zero-order valence-electron chi connectivity index (χ0n) is 12.7. The average molecular weight is 315 g/mol. The Morgan fingerprint density at radius 2 is 1.87 bits per heavy atom. The minimum Gasteiger partial charge on any atom is -0.465 e. The molecule has 0 bridgehead atoms. The van der Waals surface area contributed by atoms with Gasteiger partial charge in [0.05, 0.1) is 17.8 Å². The Bertz CT molecular complexity index is 593. The molecule has 1 aromatic heterocycles. The predicted octanol–water partition coefficient (Wildman–Crippen LogP) is 1.41. The Hall–Kier alpha value is -2.44. The van der Waals surface area contributed by atoms with E-state index in [1.807, 2.05) is 48.5 Å². The van der Waals surface area contributed by atoms with Crippen molar-refractivity contribution in [2.24, 2.45) is 0 Å². The predicted molar refractivity (Wildman–Crippen MR) is 87.0 cm³/mol. The minimum atomic E-state index is -1.14. The van der Waals surface area contributed by atoms with Crippen LogP contribution in [-0.2, 0) is 13.0 Å². The van der Waals surface area contributed by atoms with Crippen LogP contribution in [0.3, 0.4) is 0 Å². The fourth-order valence-corrected chi connectivity index (χ4v) is 2.30. The number of hydrogen-bond acceptors (Lipinski definition) is 4. The molecule has 0 radical (unpaired) electrons. The summed E-state index contributed by atoms with van der Waals surface area (Å²) in [5.41, 5.74) is 1.83. The number of aliphatic hydroxyl groups is 1. The van der Waals surface area contributed by atoms with Gasteiger partial charge in [0.1, 0.15) is 0 Å². The van der Waals surface area contributed by atoms with Gasteiger partial charge in [-0.25, -0.2) is 4.79 Å². The normalized spacial score (nSPS) is 13.3. The smallest absolute Gasteiger partial charge is 0.404 e. The summed E-state index contributed by atoms with van der Waals surface area (Å²) in [4.78, 5) is 15.1. The summed E-state index contributed by atoms with van der Waals surface area (Å²) in [6.07, 6.45) is 0.154. The molecule has 0 unspecified atom stereocenters. The summed E-state index contributed by atoms with van der Waals surface area (Å²) in [6.45, 7) is 0.789. The number of amides is 1. The highest BCUT2D eigenvalue weighted by Gasteiger charge is 2.21. The van der Waals surface area contributed by atoms with Crippen molar-refractivity contribution in [3.63, 3.8) is 0 Å². The van der Waals surface area contributed by atoms with E-state index in [0.717, 1.165) is 11.3 Å². The molecule has 0 spiro atoms. The summed E-state index contributed by atoms with van der Waals surface area (Å²) in [5, 5.41) is 24.7. The van der Waals surface area contributed by atoms with Gasteiger partial charge < -0.3 is 20.8 Å². The van der Waals surface area contributed by atoms with Crippen molar-refractivity contribution in [3.05, 3.63) is 66.0 Å². The lowest BCUT2D eigenvalue weighted by Gasteiger charge is -2.23. The van der Waals surface area contributed by atoms with Crippen molar-refractivity contribution in [1.29, 1.82) is 0 Å². The van der Waals surface area contributed by atoms with Gasteiger partial charge in [0.2, 0.25) is 0 Å². The van der Waals surface area contributed by atoms with Crippen LogP contribution in [0, 0.1) is 0 Å². The van der Waals surface area contributed by atoms with Crippen LogP contribution in [0.2, 0.25) is 0 Å². The first-order valence-corrected chi connectivity index (χ1v) is 7.47. The second-order valence-electron chi connectivity index (χ2n) is 5.27. The molecule has 6 nitrogen and oxygen atoms in total. The molecular formula is C17H21N3O3. The number of carbonyl (C=O) groups is 1. The Morgan fingerprint density at radius 1 is 1.13 bits per heavy atom. The summed E-state index contributed by atoms with van der Waals surface area (Å²) in [7, 11) is 0. The Morgan fingerprint density at radius 3 is 2.52 bits per heavy atom. The van der Waals surface area contributed by atoms with Gasteiger partial charge in [-0.05, 0) is 24.1 Å². The summed E-state index contributed by atoms with van der Waals surface area (Å²) in [5.74, 6) is 0. The maximum absolute atomic E-state index is 10.9. The number of rotatable bonds is 8. The van der Waals surface area contributed by atoms with E-state index in [2.05, 4.69) is 15.6 Å². The molecule has 0 aliphatic rings. The molecule has 1 heterocycles. The molecule has 2 aromatic rings. The Balaban J connectivity index is 1.88. The minimum absolute atomic E-state index is 0.272. The van der Waals surface area contributed by atoms with Crippen molar-refractivity contribution in [2.45, 2.75) is 25.1 Å². The third kappa shape index (κ3) is 6.06. The zero-order chi connectivity index (χ0) is 16.5. The summed E-state index contributed by atoms with van der Waals surface area (Å²) in [6, 6.07) is 14.5. The van der Waals surface area contributed by atoms with Gasteiger partial charge >= 0.3 is 6.09 Å². The van der Waals surface area contributed by atoms with Crippen molar-refractivity contribution >= 4 is 6.09 Å². The molecule has 6 heteroatoms. The second kappa shape index (κ2) is 8.87. The number of benzene rings is 1. The molecule has 2 rings (SSSR count). The summed E-state index contributed by atoms with van der Waals surface area (Å²) < 4.78 is 0. The average Bonchev–Trinajstić information content (AvgIpc) is 2.56. The highest BCUT2D eigenvalue weighted by Crippen LogP contribution is 2.06. The number of aliphatic hydroxyl groups excluding tert-OH is 1. The van der Waals surface area contributed by atoms with Crippen LogP contribution in [-0.4, -0.2) is 40.0 Å². The molecule has 23 heavy (non-hydrogen) atoms. The third-order valence-corrected chi connectivity index (χ3v) is 3.46. The lowest BCUT2D eigenvalue weighted by atomic mass is 10.0. The van der Waals surface area contributed by atoms with Crippen LogP contribution in [0.25, 0.3) is 0 Å². The largest absolute Gasteiger partial charge is 0.465 e. The van der Waals surface area contributed by atoms with Crippen LogP contribution in [0.5, 0.6) is 0 Å². The van der Waals surface area contributed by atoms with Crippen LogP contribution in [0.1, 0.15) is 11.3 Å². The van der Waals surface area contributed by atoms with E-state index in [1.54, 1.807) is 6.20 Å². The number of nitrogens with one attached hydrogen (secondary N) is 2. The maximum Gasteiger partial charge on any atom is 0.404 e. The number of aromatic nitrogens is 1. The van der Waals surface area contributed by atoms with E-state index in [9.17, 15) is 9.90 Å². The molecular weight excluding hydrogens is 294 g/mol. The molecule has 0 saturated heterocycles. The van der Waals surface area contributed by atoms with Crippen molar-refractivity contribution in [2.75, 3.05) is 6.54 Å². The van der Waals surface area contributed by atoms with E-state index in [0.29, 0.717) is 13.0 Å². The van der Waals surface area contributed by atoms with Gasteiger partial charge in [-0.2, -0.15) is 0 Å². The SMILES string of the molecule is O=C(O)N[C@@H](Cc1ccccc1)[C@@H](O)CNCc1ccccn1. The topological polar surface area (TPSA) is 94.5 Å². The van der Waals surface area contributed by atoms with E-state index in [-0.39, 0.29) is 6.54 Å².